The summed E-state index contributed by atoms with van der Waals surface area (Å²) in [5.74, 6) is 0.699. The van der Waals surface area contributed by atoms with Gasteiger partial charge in [0, 0.05) is 25.1 Å². The SMILES string of the molecule is CC(=O)Nc1ccccc1CNc1nnc(C(C)C)o1. The third-order valence-electron chi connectivity index (χ3n) is 2.69. The summed E-state index contributed by atoms with van der Waals surface area (Å²) in [7, 11) is 0. The average Bonchev–Trinajstić information content (AvgIpc) is 2.86. The van der Waals surface area contributed by atoms with E-state index in [2.05, 4.69) is 20.8 Å². The van der Waals surface area contributed by atoms with Crippen LogP contribution >= 0.6 is 0 Å². The van der Waals surface area contributed by atoms with Crippen LogP contribution in [0.3, 0.4) is 0 Å². The molecule has 0 radical (unpaired) electrons. The van der Waals surface area contributed by atoms with Crippen LogP contribution in [0, 0.1) is 0 Å². The Morgan fingerprint density at radius 2 is 2.05 bits per heavy atom. The van der Waals surface area contributed by atoms with Crippen molar-refractivity contribution in [2.24, 2.45) is 0 Å². The predicted octanol–water partition coefficient (Wildman–Crippen LogP) is 2.76. The molecule has 0 bridgehead atoms. The number of hydrogen-bond donors (Lipinski definition) is 2. The molecule has 1 aromatic carbocycles. The van der Waals surface area contributed by atoms with Crippen LogP contribution in [0.15, 0.2) is 28.7 Å². The molecule has 1 amide bonds. The van der Waals surface area contributed by atoms with Crippen LogP contribution in [0.1, 0.15) is 38.1 Å². The molecule has 2 N–H and O–H groups in total. The summed E-state index contributed by atoms with van der Waals surface area (Å²) in [6.45, 7) is 5.96. The van der Waals surface area contributed by atoms with Gasteiger partial charge in [0.15, 0.2) is 0 Å². The molecular formula is C14H18N4O2. The van der Waals surface area contributed by atoms with Gasteiger partial charge >= 0.3 is 6.01 Å². The molecule has 6 nitrogen and oxygen atoms in total. The number of hydrogen-bond acceptors (Lipinski definition) is 5. The van der Waals surface area contributed by atoms with Gasteiger partial charge in [-0.15, -0.1) is 5.10 Å². The standard InChI is InChI=1S/C14H18N4O2/c1-9(2)13-17-18-14(20-13)15-8-11-6-4-5-7-12(11)16-10(3)19/h4-7,9H,8H2,1-3H3,(H,15,18)(H,16,19). The molecule has 0 spiro atoms. The molecule has 0 fully saturated rings. The van der Waals surface area contributed by atoms with E-state index in [9.17, 15) is 4.79 Å². The van der Waals surface area contributed by atoms with E-state index in [1.165, 1.54) is 6.92 Å². The highest BCUT2D eigenvalue weighted by atomic mass is 16.4. The zero-order chi connectivity index (χ0) is 14.5. The Labute approximate surface area is 117 Å². The second-order valence-corrected chi connectivity index (χ2v) is 4.79. The number of nitrogens with one attached hydrogen (secondary N) is 2. The van der Waals surface area contributed by atoms with Gasteiger partial charge in [-0.05, 0) is 11.6 Å². The van der Waals surface area contributed by atoms with Crippen molar-refractivity contribution < 1.29 is 9.21 Å². The number of anilines is 2. The van der Waals surface area contributed by atoms with Crippen LogP contribution in [-0.4, -0.2) is 16.1 Å². The first kappa shape index (κ1) is 14.0. The van der Waals surface area contributed by atoms with E-state index in [0.717, 1.165) is 11.3 Å². The molecule has 1 heterocycles. The van der Waals surface area contributed by atoms with Gasteiger partial charge in [0.05, 0.1) is 0 Å². The first-order valence-corrected chi connectivity index (χ1v) is 6.49. The minimum Gasteiger partial charge on any atom is -0.408 e. The Morgan fingerprint density at radius 3 is 2.70 bits per heavy atom. The summed E-state index contributed by atoms with van der Waals surface area (Å²) in [6.07, 6.45) is 0. The summed E-state index contributed by atoms with van der Waals surface area (Å²) < 4.78 is 5.47. The number of carbonyl (C=O) groups excluding carboxylic acids is 1. The first-order valence-electron chi connectivity index (χ1n) is 6.49. The molecule has 2 rings (SSSR count). The van der Waals surface area contributed by atoms with Crippen molar-refractivity contribution in [2.75, 3.05) is 10.6 Å². The fraction of sp³-hybridized carbons (Fsp3) is 0.357. The Hall–Kier alpha value is -2.37. The van der Waals surface area contributed by atoms with Gasteiger partial charge in [0.2, 0.25) is 11.8 Å². The van der Waals surface area contributed by atoms with Crippen LogP contribution in [0.2, 0.25) is 0 Å². The molecule has 1 aromatic heterocycles. The first-order chi connectivity index (χ1) is 9.56. The van der Waals surface area contributed by atoms with Crippen molar-refractivity contribution in [2.45, 2.75) is 33.2 Å². The Morgan fingerprint density at radius 1 is 1.30 bits per heavy atom. The number of carbonyl (C=O) groups is 1. The van der Waals surface area contributed by atoms with E-state index in [0.29, 0.717) is 18.5 Å². The minimum atomic E-state index is -0.0997. The molecule has 0 unspecified atom stereocenters. The Bertz CT molecular complexity index is 592. The Balaban J connectivity index is 2.04. The van der Waals surface area contributed by atoms with Crippen molar-refractivity contribution in [3.8, 4) is 0 Å². The van der Waals surface area contributed by atoms with E-state index < -0.39 is 0 Å². The molecule has 2 aromatic rings. The molecule has 0 saturated heterocycles. The lowest BCUT2D eigenvalue weighted by molar-refractivity contribution is -0.114. The topological polar surface area (TPSA) is 80.0 Å². The lowest BCUT2D eigenvalue weighted by atomic mass is 10.2. The number of rotatable bonds is 5. The fourth-order valence-corrected chi connectivity index (χ4v) is 1.70. The normalized spacial score (nSPS) is 10.6. The molecule has 6 heteroatoms. The van der Waals surface area contributed by atoms with Crippen molar-refractivity contribution in [3.63, 3.8) is 0 Å². The number of para-hydroxylation sites is 1. The molecular weight excluding hydrogens is 256 g/mol. The summed E-state index contributed by atoms with van der Waals surface area (Å²) in [5, 5.41) is 13.7. The van der Waals surface area contributed by atoms with E-state index in [4.69, 9.17) is 4.42 Å². The van der Waals surface area contributed by atoms with Crippen molar-refractivity contribution in [1.29, 1.82) is 0 Å². The Kier molecular flexibility index (Phi) is 4.34. The second kappa shape index (κ2) is 6.18. The number of benzene rings is 1. The van der Waals surface area contributed by atoms with Gasteiger partial charge in [0.25, 0.3) is 0 Å². The zero-order valence-corrected chi connectivity index (χ0v) is 11.8. The number of amides is 1. The number of nitrogens with zero attached hydrogens (tertiary/aromatic N) is 2. The van der Waals surface area contributed by atoms with Crippen molar-refractivity contribution in [3.05, 3.63) is 35.7 Å². The second-order valence-electron chi connectivity index (χ2n) is 4.79. The van der Waals surface area contributed by atoms with Crippen LogP contribution in [0.4, 0.5) is 11.7 Å². The van der Waals surface area contributed by atoms with Gasteiger partial charge in [-0.1, -0.05) is 37.1 Å². The minimum absolute atomic E-state index is 0.0997. The van der Waals surface area contributed by atoms with E-state index in [1.807, 2.05) is 38.1 Å². The van der Waals surface area contributed by atoms with Gasteiger partial charge in [-0.2, -0.15) is 0 Å². The van der Waals surface area contributed by atoms with Crippen molar-refractivity contribution >= 4 is 17.6 Å². The van der Waals surface area contributed by atoms with E-state index >= 15 is 0 Å². The molecule has 0 saturated carbocycles. The summed E-state index contributed by atoms with van der Waals surface area (Å²) in [4.78, 5) is 11.1. The van der Waals surface area contributed by atoms with Crippen LogP contribution in [-0.2, 0) is 11.3 Å². The largest absolute Gasteiger partial charge is 0.408 e. The van der Waals surface area contributed by atoms with Crippen LogP contribution in [0.25, 0.3) is 0 Å². The maximum atomic E-state index is 11.1. The van der Waals surface area contributed by atoms with Gasteiger partial charge in [0.1, 0.15) is 0 Å². The maximum absolute atomic E-state index is 11.1. The van der Waals surface area contributed by atoms with Crippen molar-refractivity contribution in [1.82, 2.24) is 10.2 Å². The van der Waals surface area contributed by atoms with Gasteiger partial charge in [-0.3, -0.25) is 4.79 Å². The predicted molar refractivity (Wildman–Crippen MR) is 76.5 cm³/mol. The maximum Gasteiger partial charge on any atom is 0.315 e. The molecule has 0 aliphatic rings. The highest BCUT2D eigenvalue weighted by Gasteiger charge is 2.10. The van der Waals surface area contributed by atoms with E-state index in [1.54, 1.807) is 0 Å². The third-order valence-corrected chi connectivity index (χ3v) is 2.69. The summed E-state index contributed by atoms with van der Waals surface area (Å²) in [6, 6.07) is 7.95. The molecule has 20 heavy (non-hydrogen) atoms. The highest BCUT2D eigenvalue weighted by molar-refractivity contribution is 5.89. The lowest BCUT2D eigenvalue weighted by Gasteiger charge is -2.09. The molecule has 0 aliphatic carbocycles. The van der Waals surface area contributed by atoms with Gasteiger partial charge < -0.3 is 15.1 Å². The third kappa shape index (κ3) is 3.57. The highest BCUT2D eigenvalue weighted by Crippen LogP contribution is 2.18. The summed E-state index contributed by atoms with van der Waals surface area (Å²) >= 11 is 0. The number of aromatic nitrogens is 2. The van der Waals surface area contributed by atoms with E-state index in [-0.39, 0.29) is 11.8 Å². The summed E-state index contributed by atoms with van der Waals surface area (Å²) in [5.41, 5.74) is 1.73. The quantitative estimate of drug-likeness (QED) is 0.876. The average molecular weight is 274 g/mol. The smallest absolute Gasteiger partial charge is 0.315 e. The zero-order valence-electron chi connectivity index (χ0n) is 11.8. The van der Waals surface area contributed by atoms with Crippen LogP contribution in [0.5, 0.6) is 0 Å². The fourth-order valence-electron chi connectivity index (χ4n) is 1.70. The molecule has 106 valence electrons. The molecule has 0 aliphatic heterocycles. The monoisotopic (exact) mass is 274 g/mol. The lowest BCUT2D eigenvalue weighted by Crippen LogP contribution is -2.10. The van der Waals surface area contributed by atoms with Gasteiger partial charge in [-0.25, -0.2) is 0 Å². The molecule has 0 atom stereocenters. The van der Waals surface area contributed by atoms with Crippen LogP contribution < -0.4 is 10.6 Å².